The van der Waals surface area contributed by atoms with Gasteiger partial charge >= 0.3 is 5.97 Å². The third-order valence-electron chi connectivity index (χ3n) is 9.59. The average molecular weight is 463 g/mol. The smallest absolute Gasteiger partial charge is 0.302 e. The molecule has 6 heteroatoms. The molecule has 1 heterocycles. The van der Waals surface area contributed by atoms with E-state index in [0.717, 1.165) is 32.1 Å². The Balaban J connectivity index is 1.50. The van der Waals surface area contributed by atoms with Crippen LogP contribution in [0.4, 0.5) is 0 Å². The van der Waals surface area contributed by atoms with Crippen molar-refractivity contribution >= 4 is 5.97 Å². The molecule has 0 aromatic heterocycles. The molecule has 0 aromatic rings. The molecule has 0 amide bonds. The van der Waals surface area contributed by atoms with Crippen molar-refractivity contribution in [3.8, 4) is 0 Å². The molecule has 0 aromatic carbocycles. The van der Waals surface area contributed by atoms with Crippen LogP contribution in [0.1, 0.15) is 86.5 Å². The van der Waals surface area contributed by atoms with Gasteiger partial charge in [0.25, 0.3) is 0 Å². The Hall–Kier alpha value is -0.950. The first kappa shape index (κ1) is 23.8. The van der Waals surface area contributed by atoms with Crippen LogP contribution in [-0.2, 0) is 28.8 Å². The zero-order valence-electron chi connectivity index (χ0n) is 21.3. The van der Waals surface area contributed by atoms with Crippen LogP contribution in [0.15, 0.2) is 11.6 Å². The van der Waals surface area contributed by atoms with Gasteiger partial charge in [-0.15, -0.1) is 0 Å². The number of allylic oxidation sites excluding steroid dienone is 1. The first-order chi connectivity index (χ1) is 15.5. The second kappa shape index (κ2) is 8.04. The van der Waals surface area contributed by atoms with Crippen LogP contribution < -0.4 is 0 Å². The van der Waals surface area contributed by atoms with Gasteiger partial charge in [0.05, 0.1) is 24.2 Å². The Morgan fingerprint density at radius 2 is 1.79 bits per heavy atom. The molecule has 0 N–H and O–H groups in total. The largest absolute Gasteiger partial charge is 0.463 e. The van der Waals surface area contributed by atoms with E-state index in [9.17, 15) is 4.79 Å². The van der Waals surface area contributed by atoms with Crippen molar-refractivity contribution in [3.05, 3.63) is 11.6 Å². The number of fused-ring (bicyclic) bond motifs is 6. The molecule has 5 rings (SSSR count). The predicted octanol–water partition coefficient (Wildman–Crippen LogP) is 5.35. The standard InChI is InChI=1S/C27H42O6/c1-17(28)31-19-9-11-25(5)18(15-19)7-8-20-21-10-12-27(29-13-14-30-27)26(21,6)23(16-22(20)25)32-33-24(2,3)4/h16,18-21,23H,7-15H2,1-6H3/t18-,19-,20+,21+,23?,25+,26-/m1/s1. The summed E-state index contributed by atoms with van der Waals surface area (Å²) in [6.07, 6.45) is 9.51. The average Bonchev–Trinajstić information content (AvgIpc) is 3.32. The molecule has 186 valence electrons. The van der Waals surface area contributed by atoms with E-state index in [1.54, 1.807) is 5.57 Å². The maximum atomic E-state index is 11.6. The maximum Gasteiger partial charge on any atom is 0.302 e. The highest BCUT2D eigenvalue weighted by molar-refractivity contribution is 5.66. The topological polar surface area (TPSA) is 63.2 Å². The molecule has 6 nitrogen and oxygen atoms in total. The van der Waals surface area contributed by atoms with E-state index in [0.29, 0.717) is 31.0 Å². The summed E-state index contributed by atoms with van der Waals surface area (Å²) in [5, 5.41) is 0. The minimum absolute atomic E-state index is 0.0536. The zero-order valence-corrected chi connectivity index (χ0v) is 21.3. The molecule has 1 unspecified atom stereocenters. The van der Waals surface area contributed by atoms with Crippen LogP contribution in [0, 0.1) is 28.6 Å². The summed E-state index contributed by atoms with van der Waals surface area (Å²) in [6.45, 7) is 13.6. The van der Waals surface area contributed by atoms with Gasteiger partial charge in [0.1, 0.15) is 12.2 Å². The van der Waals surface area contributed by atoms with Crippen LogP contribution >= 0.6 is 0 Å². The Morgan fingerprint density at radius 3 is 2.45 bits per heavy atom. The molecule has 0 bridgehead atoms. The van der Waals surface area contributed by atoms with E-state index in [-0.39, 0.29) is 29.0 Å². The normalized spacial score (nSPS) is 44.1. The van der Waals surface area contributed by atoms with Gasteiger partial charge in [-0.2, -0.15) is 0 Å². The molecule has 7 atom stereocenters. The summed E-state index contributed by atoms with van der Waals surface area (Å²) < 4.78 is 18.4. The fourth-order valence-corrected chi connectivity index (χ4v) is 8.02. The van der Waals surface area contributed by atoms with Crippen molar-refractivity contribution in [2.24, 2.45) is 28.6 Å². The Labute approximate surface area is 198 Å². The third-order valence-corrected chi connectivity index (χ3v) is 9.59. The molecule has 1 spiro atoms. The first-order valence-electron chi connectivity index (χ1n) is 13.0. The lowest BCUT2D eigenvalue weighted by atomic mass is 9.48. The summed E-state index contributed by atoms with van der Waals surface area (Å²) >= 11 is 0. The van der Waals surface area contributed by atoms with Crippen molar-refractivity contribution in [3.63, 3.8) is 0 Å². The molecule has 3 saturated carbocycles. The summed E-state index contributed by atoms with van der Waals surface area (Å²) in [7, 11) is 0. The van der Waals surface area contributed by atoms with E-state index in [4.69, 9.17) is 24.0 Å². The summed E-state index contributed by atoms with van der Waals surface area (Å²) in [6, 6.07) is 0. The number of esters is 1. The monoisotopic (exact) mass is 462 g/mol. The van der Waals surface area contributed by atoms with Crippen LogP contribution in [0.3, 0.4) is 0 Å². The molecule has 1 saturated heterocycles. The quantitative estimate of drug-likeness (QED) is 0.244. The van der Waals surface area contributed by atoms with E-state index in [1.807, 2.05) is 20.8 Å². The number of ether oxygens (including phenoxy) is 3. The third kappa shape index (κ3) is 3.71. The number of carbonyl (C=O) groups is 1. The van der Waals surface area contributed by atoms with Crippen molar-refractivity contribution in [1.82, 2.24) is 0 Å². The highest BCUT2D eigenvalue weighted by Crippen LogP contribution is 2.68. The van der Waals surface area contributed by atoms with E-state index in [2.05, 4.69) is 19.9 Å². The molecular weight excluding hydrogens is 420 g/mol. The van der Waals surface area contributed by atoms with Crippen molar-refractivity contribution < 1.29 is 28.8 Å². The minimum atomic E-state index is -0.587. The maximum absolute atomic E-state index is 11.6. The first-order valence-corrected chi connectivity index (χ1v) is 13.0. The van der Waals surface area contributed by atoms with Gasteiger partial charge in [-0.25, -0.2) is 9.78 Å². The second-order valence-electron chi connectivity index (χ2n) is 12.5. The van der Waals surface area contributed by atoms with Gasteiger partial charge in [-0.05, 0) is 82.5 Å². The number of carbonyl (C=O) groups excluding carboxylic acids is 1. The molecule has 5 aliphatic rings. The summed E-state index contributed by atoms with van der Waals surface area (Å²) in [5.41, 5.74) is 0.962. The minimum Gasteiger partial charge on any atom is -0.463 e. The molecule has 4 aliphatic carbocycles. The van der Waals surface area contributed by atoms with Crippen molar-refractivity contribution in [2.75, 3.05) is 13.2 Å². The van der Waals surface area contributed by atoms with Gasteiger partial charge in [-0.1, -0.05) is 25.5 Å². The highest BCUT2D eigenvalue weighted by atomic mass is 17.2. The van der Waals surface area contributed by atoms with Gasteiger partial charge in [0.2, 0.25) is 0 Å². The Kier molecular flexibility index (Phi) is 5.79. The lowest BCUT2D eigenvalue weighted by Gasteiger charge is -2.58. The zero-order chi connectivity index (χ0) is 23.6. The highest BCUT2D eigenvalue weighted by Gasteiger charge is 2.69. The molecule has 0 radical (unpaired) electrons. The number of hydrogen-bond donors (Lipinski definition) is 0. The second-order valence-corrected chi connectivity index (χ2v) is 12.5. The molecule has 4 fully saturated rings. The van der Waals surface area contributed by atoms with Gasteiger partial charge < -0.3 is 14.2 Å². The fourth-order valence-electron chi connectivity index (χ4n) is 8.02. The lowest BCUT2D eigenvalue weighted by molar-refractivity contribution is -0.400. The van der Waals surface area contributed by atoms with Crippen LogP contribution in [0.2, 0.25) is 0 Å². The van der Waals surface area contributed by atoms with Crippen molar-refractivity contribution in [1.29, 1.82) is 0 Å². The van der Waals surface area contributed by atoms with E-state index in [1.165, 1.54) is 19.8 Å². The number of hydrogen-bond acceptors (Lipinski definition) is 6. The molecule has 1 aliphatic heterocycles. The summed E-state index contributed by atoms with van der Waals surface area (Å²) in [4.78, 5) is 23.8. The SMILES string of the molecule is CC(=O)O[C@@H]1CC[C@]2(C)C3=CC(OOC(C)(C)C)[C@@]4(C)[C@@H](CCC45OCCO5)[C@@H]3CC[C@@H]2C1. The van der Waals surface area contributed by atoms with Gasteiger partial charge in [0.15, 0.2) is 5.79 Å². The van der Waals surface area contributed by atoms with E-state index >= 15 is 0 Å². The number of rotatable bonds is 3. The lowest BCUT2D eigenvalue weighted by Crippen LogP contribution is -2.59. The fraction of sp³-hybridized carbons (Fsp3) is 0.889. The van der Waals surface area contributed by atoms with Crippen molar-refractivity contribution in [2.45, 2.75) is 110 Å². The van der Waals surface area contributed by atoms with Crippen LogP contribution in [0.5, 0.6) is 0 Å². The predicted molar refractivity (Wildman–Crippen MR) is 123 cm³/mol. The van der Waals surface area contributed by atoms with Gasteiger partial charge in [0, 0.05) is 13.3 Å². The Morgan fingerprint density at radius 1 is 1.06 bits per heavy atom. The van der Waals surface area contributed by atoms with Crippen LogP contribution in [0.25, 0.3) is 0 Å². The molecular formula is C27H42O6. The van der Waals surface area contributed by atoms with Crippen LogP contribution in [-0.4, -0.2) is 42.8 Å². The van der Waals surface area contributed by atoms with Gasteiger partial charge in [-0.3, -0.25) is 4.79 Å². The molecule has 33 heavy (non-hydrogen) atoms. The summed E-state index contributed by atoms with van der Waals surface area (Å²) in [5.74, 6) is 0.735. The van der Waals surface area contributed by atoms with E-state index < -0.39 is 11.4 Å². The Bertz CT molecular complexity index is 808.